The zero-order chi connectivity index (χ0) is 14.4. The van der Waals surface area contributed by atoms with Gasteiger partial charge in [-0.05, 0) is 36.6 Å². The maximum atomic E-state index is 11.0. The molecule has 0 aliphatic heterocycles. The van der Waals surface area contributed by atoms with Crippen LogP contribution in [0.1, 0.15) is 22.3 Å². The lowest BCUT2D eigenvalue weighted by Gasteiger charge is -2.08. The van der Waals surface area contributed by atoms with Gasteiger partial charge in [0.25, 0.3) is 0 Å². The number of aromatic carboxylic acids is 1. The second-order valence-electron chi connectivity index (χ2n) is 4.52. The maximum absolute atomic E-state index is 11.0. The standard InChI is InChI=1S/C16H16ClNO2/c17-15-9-8-13(11-14(15)16(19)20)18-10-4-7-12-5-2-1-3-6-12/h1-3,5-6,8-9,11,18H,4,7,10H2,(H,19,20). The van der Waals surface area contributed by atoms with Crippen molar-refractivity contribution < 1.29 is 9.90 Å². The van der Waals surface area contributed by atoms with Crippen molar-refractivity contribution in [2.45, 2.75) is 12.8 Å². The van der Waals surface area contributed by atoms with Crippen LogP contribution in [-0.4, -0.2) is 17.6 Å². The first-order chi connectivity index (χ1) is 9.66. The topological polar surface area (TPSA) is 49.3 Å². The van der Waals surface area contributed by atoms with E-state index >= 15 is 0 Å². The van der Waals surface area contributed by atoms with Crippen LogP contribution in [0.2, 0.25) is 5.02 Å². The molecule has 0 heterocycles. The monoisotopic (exact) mass is 289 g/mol. The van der Waals surface area contributed by atoms with Gasteiger partial charge in [0.1, 0.15) is 0 Å². The number of rotatable bonds is 6. The zero-order valence-electron chi connectivity index (χ0n) is 11.0. The van der Waals surface area contributed by atoms with E-state index in [2.05, 4.69) is 17.4 Å². The molecule has 0 aliphatic rings. The highest BCUT2D eigenvalue weighted by Crippen LogP contribution is 2.20. The van der Waals surface area contributed by atoms with Gasteiger partial charge in [0.05, 0.1) is 10.6 Å². The lowest BCUT2D eigenvalue weighted by atomic mass is 10.1. The predicted molar refractivity (Wildman–Crippen MR) is 81.7 cm³/mol. The summed E-state index contributed by atoms with van der Waals surface area (Å²) in [6.07, 6.45) is 1.97. The number of hydrogen-bond acceptors (Lipinski definition) is 2. The van der Waals surface area contributed by atoms with Crippen molar-refractivity contribution in [1.82, 2.24) is 0 Å². The fourth-order valence-electron chi connectivity index (χ4n) is 1.97. The van der Waals surface area contributed by atoms with E-state index < -0.39 is 5.97 Å². The van der Waals surface area contributed by atoms with Crippen LogP contribution >= 0.6 is 11.6 Å². The number of benzene rings is 2. The van der Waals surface area contributed by atoms with Gasteiger partial charge in [-0.3, -0.25) is 0 Å². The number of aryl methyl sites for hydroxylation is 1. The van der Waals surface area contributed by atoms with Gasteiger partial charge in [0.15, 0.2) is 0 Å². The molecule has 0 fully saturated rings. The molecule has 0 aliphatic carbocycles. The number of nitrogens with one attached hydrogen (secondary N) is 1. The molecule has 2 N–H and O–H groups in total. The van der Waals surface area contributed by atoms with Crippen molar-refractivity contribution in [3.63, 3.8) is 0 Å². The van der Waals surface area contributed by atoms with Gasteiger partial charge >= 0.3 is 5.97 Å². The number of hydrogen-bond donors (Lipinski definition) is 2. The van der Waals surface area contributed by atoms with E-state index in [1.165, 1.54) is 5.56 Å². The van der Waals surface area contributed by atoms with Gasteiger partial charge in [0, 0.05) is 12.2 Å². The minimum absolute atomic E-state index is 0.125. The summed E-state index contributed by atoms with van der Waals surface area (Å²) >= 11 is 5.82. The molecular formula is C16H16ClNO2. The molecule has 0 atom stereocenters. The Labute approximate surface area is 123 Å². The molecule has 0 bridgehead atoms. The van der Waals surface area contributed by atoms with Crippen molar-refractivity contribution in [3.8, 4) is 0 Å². The molecule has 2 rings (SSSR count). The zero-order valence-corrected chi connectivity index (χ0v) is 11.7. The highest BCUT2D eigenvalue weighted by Gasteiger charge is 2.08. The Morgan fingerprint density at radius 2 is 1.90 bits per heavy atom. The molecule has 3 nitrogen and oxygen atoms in total. The lowest BCUT2D eigenvalue weighted by molar-refractivity contribution is 0.0697. The van der Waals surface area contributed by atoms with Crippen molar-refractivity contribution in [2.24, 2.45) is 0 Å². The van der Waals surface area contributed by atoms with E-state index in [0.29, 0.717) is 0 Å². The second kappa shape index (κ2) is 6.96. The summed E-state index contributed by atoms with van der Waals surface area (Å²) in [5.41, 5.74) is 2.20. The van der Waals surface area contributed by atoms with Crippen LogP contribution in [0.3, 0.4) is 0 Å². The van der Waals surface area contributed by atoms with Crippen LogP contribution in [0.25, 0.3) is 0 Å². The van der Waals surface area contributed by atoms with Crippen LogP contribution in [0.4, 0.5) is 5.69 Å². The summed E-state index contributed by atoms with van der Waals surface area (Å²) in [5.74, 6) is -1.01. The lowest BCUT2D eigenvalue weighted by Crippen LogP contribution is -2.05. The number of carboxylic acids is 1. The summed E-state index contributed by atoms with van der Waals surface area (Å²) < 4.78 is 0. The van der Waals surface area contributed by atoms with Crippen molar-refractivity contribution in [2.75, 3.05) is 11.9 Å². The molecule has 2 aromatic carbocycles. The molecular weight excluding hydrogens is 274 g/mol. The molecule has 104 valence electrons. The van der Waals surface area contributed by atoms with Crippen LogP contribution in [0, 0.1) is 0 Å². The molecule has 0 spiro atoms. The van der Waals surface area contributed by atoms with Gasteiger partial charge < -0.3 is 10.4 Å². The fraction of sp³-hybridized carbons (Fsp3) is 0.188. The highest BCUT2D eigenvalue weighted by atomic mass is 35.5. The first-order valence-electron chi connectivity index (χ1n) is 6.47. The summed E-state index contributed by atoms with van der Waals surface area (Å²) in [4.78, 5) is 11.0. The Bertz CT molecular complexity index is 584. The average Bonchev–Trinajstić information content (AvgIpc) is 2.46. The Balaban J connectivity index is 1.85. The van der Waals surface area contributed by atoms with Crippen LogP contribution in [-0.2, 0) is 6.42 Å². The molecule has 0 radical (unpaired) electrons. The summed E-state index contributed by atoms with van der Waals surface area (Å²) in [6.45, 7) is 0.787. The second-order valence-corrected chi connectivity index (χ2v) is 4.92. The summed E-state index contributed by atoms with van der Waals surface area (Å²) in [7, 11) is 0. The largest absolute Gasteiger partial charge is 0.478 e. The maximum Gasteiger partial charge on any atom is 0.337 e. The molecule has 0 unspecified atom stereocenters. The van der Waals surface area contributed by atoms with E-state index in [0.717, 1.165) is 25.1 Å². The van der Waals surface area contributed by atoms with E-state index in [9.17, 15) is 4.79 Å². The third-order valence-corrected chi connectivity index (χ3v) is 3.34. The van der Waals surface area contributed by atoms with Gasteiger partial charge in [-0.25, -0.2) is 4.79 Å². The van der Waals surface area contributed by atoms with Gasteiger partial charge in [-0.2, -0.15) is 0 Å². The first kappa shape index (κ1) is 14.4. The third kappa shape index (κ3) is 4.00. The molecule has 0 saturated carbocycles. The van der Waals surface area contributed by atoms with Gasteiger partial charge in [0.2, 0.25) is 0 Å². The third-order valence-electron chi connectivity index (χ3n) is 3.01. The van der Waals surface area contributed by atoms with E-state index in [1.54, 1.807) is 18.2 Å². The SMILES string of the molecule is O=C(O)c1cc(NCCCc2ccccc2)ccc1Cl. The van der Waals surface area contributed by atoms with Crippen LogP contribution in [0.15, 0.2) is 48.5 Å². The van der Waals surface area contributed by atoms with Crippen molar-refractivity contribution >= 4 is 23.3 Å². The Morgan fingerprint density at radius 1 is 1.15 bits per heavy atom. The first-order valence-corrected chi connectivity index (χ1v) is 6.85. The quantitative estimate of drug-likeness (QED) is 0.788. The Morgan fingerprint density at radius 3 is 2.60 bits per heavy atom. The number of anilines is 1. The van der Waals surface area contributed by atoms with Gasteiger partial charge in [-0.15, -0.1) is 0 Å². The minimum atomic E-state index is -1.01. The number of carbonyl (C=O) groups is 1. The average molecular weight is 290 g/mol. The van der Waals surface area contributed by atoms with E-state index in [-0.39, 0.29) is 10.6 Å². The smallest absolute Gasteiger partial charge is 0.337 e. The summed E-state index contributed by atoms with van der Waals surface area (Å²) in [5, 5.41) is 12.5. The molecule has 20 heavy (non-hydrogen) atoms. The Kier molecular flexibility index (Phi) is 5.02. The molecule has 4 heteroatoms. The normalized spacial score (nSPS) is 10.2. The fourth-order valence-corrected chi connectivity index (χ4v) is 2.17. The van der Waals surface area contributed by atoms with Gasteiger partial charge in [-0.1, -0.05) is 41.9 Å². The van der Waals surface area contributed by atoms with Crippen LogP contribution in [0.5, 0.6) is 0 Å². The Hall–Kier alpha value is -2.00. The molecule has 0 saturated heterocycles. The molecule has 0 aromatic heterocycles. The van der Waals surface area contributed by atoms with Crippen molar-refractivity contribution in [1.29, 1.82) is 0 Å². The predicted octanol–water partition coefficient (Wildman–Crippen LogP) is 4.08. The van der Waals surface area contributed by atoms with E-state index in [4.69, 9.17) is 16.7 Å². The highest BCUT2D eigenvalue weighted by molar-refractivity contribution is 6.33. The number of carboxylic acid groups (broad SMARTS) is 1. The summed E-state index contributed by atoms with van der Waals surface area (Å²) in [6, 6.07) is 15.2. The molecule has 2 aromatic rings. The van der Waals surface area contributed by atoms with Crippen molar-refractivity contribution in [3.05, 3.63) is 64.7 Å². The van der Waals surface area contributed by atoms with Crippen LogP contribution < -0.4 is 5.32 Å². The minimum Gasteiger partial charge on any atom is -0.478 e. The van der Waals surface area contributed by atoms with E-state index in [1.807, 2.05) is 18.2 Å². The number of halogens is 1. The molecule has 0 amide bonds.